The first-order chi connectivity index (χ1) is 12.0. The molecule has 0 aromatic heterocycles. The summed E-state index contributed by atoms with van der Waals surface area (Å²) in [4.78, 5) is 12.0. The topological polar surface area (TPSA) is 78.9 Å². The SMILES string of the molecule is CC[C@H](N)C(=O)N[C@]1(C#N)C[C@@H]1c1ccc(-c2ccc(F)cc2)cc1. The summed E-state index contributed by atoms with van der Waals surface area (Å²) in [5, 5.41) is 12.3. The summed E-state index contributed by atoms with van der Waals surface area (Å²) in [7, 11) is 0. The van der Waals surface area contributed by atoms with E-state index in [1.165, 1.54) is 12.1 Å². The lowest BCUT2D eigenvalue weighted by Crippen LogP contribution is -2.46. The summed E-state index contributed by atoms with van der Waals surface area (Å²) in [6, 6.07) is 15.8. The molecule has 1 fully saturated rings. The van der Waals surface area contributed by atoms with Gasteiger partial charge in [0.05, 0.1) is 12.1 Å². The first-order valence-corrected chi connectivity index (χ1v) is 8.34. The van der Waals surface area contributed by atoms with Crippen LogP contribution in [-0.2, 0) is 4.79 Å². The molecule has 3 rings (SSSR count). The average Bonchev–Trinajstić information content (AvgIpc) is 3.36. The van der Waals surface area contributed by atoms with E-state index in [-0.39, 0.29) is 17.6 Å². The zero-order chi connectivity index (χ0) is 18.0. The fraction of sp³-hybridized carbons (Fsp3) is 0.300. The number of amides is 1. The summed E-state index contributed by atoms with van der Waals surface area (Å²) in [6.07, 6.45) is 1.12. The van der Waals surface area contributed by atoms with E-state index in [0.717, 1.165) is 16.7 Å². The number of rotatable bonds is 5. The molecule has 0 spiro atoms. The molecule has 5 heteroatoms. The van der Waals surface area contributed by atoms with Crippen LogP contribution in [0.3, 0.4) is 0 Å². The molecule has 0 radical (unpaired) electrons. The van der Waals surface area contributed by atoms with E-state index in [9.17, 15) is 14.4 Å². The Labute approximate surface area is 146 Å². The predicted molar refractivity (Wildman–Crippen MR) is 93.9 cm³/mol. The fourth-order valence-electron chi connectivity index (χ4n) is 3.00. The first-order valence-electron chi connectivity index (χ1n) is 8.34. The lowest BCUT2D eigenvalue weighted by molar-refractivity contribution is -0.123. The molecule has 0 bridgehead atoms. The minimum absolute atomic E-state index is 0.0345. The summed E-state index contributed by atoms with van der Waals surface area (Å²) in [5.74, 6) is -0.583. The quantitative estimate of drug-likeness (QED) is 0.880. The van der Waals surface area contributed by atoms with Gasteiger partial charge in [-0.05, 0) is 41.7 Å². The largest absolute Gasteiger partial charge is 0.336 e. The van der Waals surface area contributed by atoms with Crippen molar-refractivity contribution in [3.63, 3.8) is 0 Å². The summed E-state index contributed by atoms with van der Waals surface area (Å²) in [5.41, 5.74) is 7.78. The van der Waals surface area contributed by atoms with Crippen LogP contribution in [0.25, 0.3) is 11.1 Å². The van der Waals surface area contributed by atoms with Crippen molar-refractivity contribution in [2.24, 2.45) is 5.73 Å². The minimum Gasteiger partial charge on any atom is -0.336 e. The fourth-order valence-corrected chi connectivity index (χ4v) is 3.00. The normalized spacial score (nSPS) is 22.7. The number of nitrogens with two attached hydrogens (primary N) is 1. The number of nitrogens with one attached hydrogen (secondary N) is 1. The van der Waals surface area contributed by atoms with Crippen molar-refractivity contribution in [1.82, 2.24) is 5.32 Å². The third-order valence-electron chi connectivity index (χ3n) is 4.77. The molecule has 128 valence electrons. The van der Waals surface area contributed by atoms with Crippen LogP contribution in [-0.4, -0.2) is 17.5 Å². The molecule has 2 aromatic rings. The Bertz CT molecular complexity index is 810. The molecule has 3 atom stereocenters. The van der Waals surface area contributed by atoms with Gasteiger partial charge < -0.3 is 11.1 Å². The van der Waals surface area contributed by atoms with Crippen molar-refractivity contribution in [1.29, 1.82) is 5.26 Å². The van der Waals surface area contributed by atoms with E-state index >= 15 is 0 Å². The van der Waals surface area contributed by atoms with Gasteiger partial charge in [-0.2, -0.15) is 5.26 Å². The second-order valence-electron chi connectivity index (χ2n) is 6.47. The molecule has 0 aliphatic heterocycles. The zero-order valence-corrected chi connectivity index (χ0v) is 14.0. The summed E-state index contributed by atoms with van der Waals surface area (Å²) < 4.78 is 13.0. The van der Waals surface area contributed by atoms with Crippen molar-refractivity contribution in [2.75, 3.05) is 0 Å². The summed E-state index contributed by atoms with van der Waals surface area (Å²) >= 11 is 0. The van der Waals surface area contributed by atoms with Crippen LogP contribution in [0, 0.1) is 17.1 Å². The van der Waals surface area contributed by atoms with Gasteiger partial charge in [-0.1, -0.05) is 43.3 Å². The van der Waals surface area contributed by atoms with Gasteiger partial charge in [0, 0.05) is 5.92 Å². The van der Waals surface area contributed by atoms with Gasteiger partial charge in [-0.25, -0.2) is 4.39 Å². The Morgan fingerprint density at radius 1 is 1.28 bits per heavy atom. The number of hydrogen-bond donors (Lipinski definition) is 2. The van der Waals surface area contributed by atoms with Crippen LogP contribution in [0.15, 0.2) is 48.5 Å². The Morgan fingerprint density at radius 3 is 2.36 bits per heavy atom. The molecule has 4 nitrogen and oxygen atoms in total. The number of benzene rings is 2. The maximum Gasteiger partial charge on any atom is 0.238 e. The highest BCUT2D eigenvalue weighted by atomic mass is 19.1. The van der Waals surface area contributed by atoms with E-state index in [1.807, 2.05) is 31.2 Å². The number of nitrogens with zero attached hydrogens (tertiary/aromatic N) is 1. The number of hydrogen-bond acceptors (Lipinski definition) is 3. The molecule has 0 unspecified atom stereocenters. The van der Waals surface area contributed by atoms with Crippen molar-refractivity contribution in [3.05, 3.63) is 59.9 Å². The van der Waals surface area contributed by atoms with Crippen LogP contribution in [0.4, 0.5) is 4.39 Å². The molecule has 0 heterocycles. The third-order valence-corrected chi connectivity index (χ3v) is 4.77. The molecule has 2 aromatic carbocycles. The van der Waals surface area contributed by atoms with Gasteiger partial charge in [-0.15, -0.1) is 0 Å². The average molecular weight is 337 g/mol. The minimum atomic E-state index is -0.860. The van der Waals surface area contributed by atoms with Gasteiger partial charge in [-0.3, -0.25) is 4.79 Å². The highest BCUT2D eigenvalue weighted by Gasteiger charge is 2.57. The van der Waals surface area contributed by atoms with Crippen molar-refractivity contribution < 1.29 is 9.18 Å². The Hall–Kier alpha value is -2.71. The smallest absolute Gasteiger partial charge is 0.238 e. The lowest BCUT2D eigenvalue weighted by Gasteiger charge is -2.15. The standard InChI is InChI=1S/C20H20FN3O/c1-2-18(23)19(25)24-20(12-22)11-17(20)15-5-3-13(4-6-15)14-7-9-16(21)10-8-14/h3-10,17-18H,2,11,23H2,1H3,(H,24,25)/t17-,18+,20+/m1/s1. The van der Waals surface area contributed by atoms with Gasteiger partial charge in [0.1, 0.15) is 11.4 Å². The van der Waals surface area contributed by atoms with E-state index in [4.69, 9.17) is 5.73 Å². The van der Waals surface area contributed by atoms with Crippen LogP contribution < -0.4 is 11.1 Å². The maximum absolute atomic E-state index is 13.0. The molecule has 1 aliphatic rings. The van der Waals surface area contributed by atoms with Gasteiger partial charge in [0.25, 0.3) is 0 Å². The molecule has 25 heavy (non-hydrogen) atoms. The number of carbonyl (C=O) groups is 1. The van der Waals surface area contributed by atoms with Gasteiger partial charge >= 0.3 is 0 Å². The van der Waals surface area contributed by atoms with E-state index in [2.05, 4.69) is 11.4 Å². The number of halogens is 1. The van der Waals surface area contributed by atoms with Crippen molar-refractivity contribution >= 4 is 5.91 Å². The van der Waals surface area contributed by atoms with Crippen LogP contribution in [0.2, 0.25) is 0 Å². The zero-order valence-electron chi connectivity index (χ0n) is 14.0. The molecule has 1 saturated carbocycles. The molecule has 0 saturated heterocycles. The van der Waals surface area contributed by atoms with Crippen molar-refractivity contribution in [3.8, 4) is 17.2 Å². The first kappa shape index (κ1) is 17.1. The number of nitriles is 1. The highest BCUT2D eigenvalue weighted by Crippen LogP contribution is 2.51. The third kappa shape index (κ3) is 3.40. The summed E-state index contributed by atoms with van der Waals surface area (Å²) in [6.45, 7) is 1.84. The maximum atomic E-state index is 13.0. The van der Waals surface area contributed by atoms with Gasteiger partial charge in [0.2, 0.25) is 5.91 Å². The molecule has 3 N–H and O–H groups in total. The molecule has 1 aliphatic carbocycles. The van der Waals surface area contributed by atoms with E-state index < -0.39 is 11.6 Å². The van der Waals surface area contributed by atoms with Crippen LogP contribution in [0.5, 0.6) is 0 Å². The molecular weight excluding hydrogens is 317 g/mol. The highest BCUT2D eigenvalue weighted by molar-refractivity contribution is 5.83. The van der Waals surface area contributed by atoms with Crippen LogP contribution in [0.1, 0.15) is 31.2 Å². The van der Waals surface area contributed by atoms with Crippen LogP contribution >= 0.6 is 0 Å². The second kappa shape index (κ2) is 6.66. The Balaban J connectivity index is 1.74. The molecule has 1 amide bonds. The van der Waals surface area contributed by atoms with Crippen molar-refractivity contribution in [2.45, 2.75) is 37.3 Å². The monoisotopic (exact) mass is 337 g/mol. The Morgan fingerprint density at radius 2 is 1.84 bits per heavy atom. The second-order valence-corrected chi connectivity index (χ2v) is 6.47. The van der Waals surface area contributed by atoms with Gasteiger partial charge in [0.15, 0.2) is 0 Å². The van der Waals surface area contributed by atoms with E-state index in [1.54, 1.807) is 12.1 Å². The Kier molecular flexibility index (Phi) is 4.56. The predicted octanol–water partition coefficient (Wildman–Crippen LogP) is 3.10. The number of carbonyl (C=O) groups excluding carboxylic acids is 1. The molecular formula is C20H20FN3O. The lowest BCUT2D eigenvalue weighted by atomic mass is 10.0. The van der Waals surface area contributed by atoms with E-state index in [0.29, 0.717) is 12.8 Å².